The molecular weight excluding hydrogens is 536 g/mol. The molecule has 11 nitrogen and oxygen atoms in total. The minimum Gasteiger partial charge on any atom is -0.481 e. The summed E-state index contributed by atoms with van der Waals surface area (Å²) in [6.45, 7) is 6.13. The fraction of sp³-hybridized carbons (Fsp3) is 0.571. The zero-order chi connectivity index (χ0) is 30.2. The van der Waals surface area contributed by atoms with Crippen molar-refractivity contribution in [3.8, 4) is 0 Å². The van der Waals surface area contributed by atoms with E-state index in [0.717, 1.165) is 5.56 Å². The van der Waals surface area contributed by atoms with Gasteiger partial charge in [0.2, 0.25) is 23.6 Å². The maximum atomic E-state index is 13.1. The van der Waals surface area contributed by atoms with Crippen LogP contribution in [0.3, 0.4) is 0 Å². The van der Waals surface area contributed by atoms with Crippen molar-refractivity contribution < 1.29 is 33.9 Å². The standard InChI is InChI=1S/C28H42N4O7S/c1-17(2)25(32-26(37)18(3)29-27(38)21(14-15-40-5)30-19(4)33)28(39)31-22(16-24(35)36)23(34)13-9-12-20-10-7-6-8-11-20/h6-8,10-11,17-18,21-22,25H,9,12-16H2,1-5H3,(H,29,38)(H,30,33)(H,31,39)(H,32,37)(H,35,36)/t18-,21-,22-,25-/m0/s1. The van der Waals surface area contributed by atoms with Crippen LogP contribution in [0.4, 0.5) is 0 Å². The molecule has 0 fully saturated rings. The van der Waals surface area contributed by atoms with Crippen LogP contribution in [0.1, 0.15) is 58.9 Å². The molecule has 0 aliphatic carbocycles. The number of hydrogen-bond donors (Lipinski definition) is 5. The molecule has 40 heavy (non-hydrogen) atoms. The van der Waals surface area contributed by atoms with Crippen LogP contribution >= 0.6 is 11.8 Å². The molecule has 0 bridgehead atoms. The summed E-state index contributed by atoms with van der Waals surface area (Å²) in [6, 6.07) is 5.38. The highest BCUT2D eigenvalue weighted by atomic mass is 32.2. The van der Waals surface area contributed by atoms with Crippen LogP contribution in [0.2, 0.25) is 0 Å². The topological polar surface area (TPSA) is 171 Å². The number of benzene rings is 1. The second kappa shape index (κ2) is 18.0. The molecule has 222 valence electrons. The molecule has 1 aromatic carbocycles. The monoisotopic (exact) mass is 578 g/mol. The number of carboxylic acids is 1. The number of thioether (sulfide) groups is 1. The number of hydrogen-bond acceptors (Lipinski definition) is 7. The summed E-state index contributed by atoms with van der Waals surface area (Å²) in [4.78, 5) is 74.3. The van der Waals surface area contributed by atoms with Crippen LogP contribution < -0.4 is 21.3 Å². The van der Waals surface area contributed by atoms with Gasteiger partial charge in [0, 0.05) is 13.3 Å². The van der Waals surface area contributed by atoms with Gasteiger partial charge < -0.3 is 26.4 Å². The number of nitrogens with one attached hydrogen (secondary N) is 4. The number of carboxylic acid groups (broad SMARTS) is 1. The van der Waals surface area contributed by atoms with Crippen molar-refractivity contribution in [1.29, 1.82) is 0 Å². The number of carbonyl (C=O) groups is 6. The van der Waals surface area contributed by atoms with Gasteiger partial charge in [0.25, 0.3) is 0 Å². The lowest BCUT2D eigenvalue weighted by atomic mass is 9.99. The Bertz CT molecular complexity index is 1020. The minimum absolute atomic E-state index is 0.0842. The molecule has 4 atom stereocenters. The first-order valence-corrected chi connectivity index (χ1v) is 14.7. The van der Waals surface area contributed by atoms with Crippen LogP contribution in [0.25, 0.3) is 0 Å². The predicted molar refractivity (Wildman–Crippen MR) is 154 cm³/mol. The highest BCUT2D eigenvalue weighted by Gasteiger charge is 2.31. The van der Waals surface area contributed by atoms with E-state index < -0.39 is 66.0 Å². The van der Waals surface area contributed by atoms with Crippen LogP contribution in [0.15, 0.2) is 30.3 Å². The van der Waals surface area contributed by atoms with Crippen molar-refractivity contribution in [2.24, 2.45) is 5.92 Å². The molecule has 0 spiro atoms. The lowest BCUT2D eigenvalue weighted by Gasteiger charge is -2.26. The van der Waals surface area contributed by atoms with Crippen molar-refractivity contribution in [2.45, 2.75) is 84.0 Å². The van der Waals surface area contributed by atoms with E-state index in [4.69, 9.17) is 0 Å². The van der Waals surface area contributed by atoms with Gasteiger partial charge in [-0.25, -0.2) is 0 Å². The van der Waals surface area contributed by atoms with Gasteiger partial charge in [0.1, 0.15) is 18.1 Å². The summed E-state index contributed by atoms with van der Waals surface area (Å²) < 4.78 is 0. The van der Waals surface area contributed by atoms with E-state index in [1.165, 1.54) is 25.6 Å². The summed E-state index contributed by atoms with van der Waals surface area (Å²) in [5, 5.41) is 19.5. The molecule has 0 aliphatic rings. The third kappa shape index (κ3) is 13.1. The van der Waals surface area contributed by atoms with Gasteiger partial charge in [0.15, 0.2) is 5.78 Å². The van der Waals surface area contributed by atoms with Gasteiger partial charge in [-0.05, 0) is 49.7 Å². The maximum absolute atomic E-state index is 13.1. The normalized spacial score (nSPS) is 13.8. The molecule has 0 radical (unpaired) electrons. The number of amides is 4. The van der Waals surface area contributed by atoms with Crippen molar-refractivity contribution in [2.75, 3.05) is 12.0 Å². The van der Waals surface area contributed by atoms with Crippen LogP contribution in [-0.2, 0) is 35.2 Å². The number of aliphatic carboxylic acids is 1. The highest BCUT2D eigenvalue weighted by molar-refractivity contribution is 7.98. The lowest BCUT2D eigenvalue weighted by Crippen LogP contribution is -2.58. The largest absolute Gasteiger partial charge is 0.481 e. The van der Waals surface area contributed by atoms with E-state index in [2.05, 4.69) is 21.3 Å². The molecule has 5 N–H and O–H groups in total. The molecule has 0 saturated heterocycles. The predicted octanol–water partition coefficient (Wildman–Crippen LogP) is 1.44. The van der Waals surface area contributed by atoms with Crippen molar-refractivity contribution in [3.63, 3.8) is 0 Å². The Morgan fingerprint density at radius 1 is 0.850 bits per heavy atom. The summed E-state index contributed by atoms with van der Waals surface area (Å²) >= 11 is 1.51. The third-order valence-corrected chi connectivity index (χ3v) is 6.76. The van der Waals surface area contributed by atoms with Gasteiger partial charge >= 0.3 is 5.97 Å². The second-order valence-corrected chi connectivity index (χ2v) is 10.9. The Hall–Kier alpha value is -3.41. The van der Waals surface area contributed by atoms with Crippen LogP contribution in [-0.4, -0.2) is 76.7 Å². The van der Waals surface area contributed by atoms with E-state index in [9.17, 15) is 33.9 Å². The number of aryl methyl sites for hydroxylation is 1. The van der Waals surface area contributed by atoms with Gasteiger partial charge in [-0.1, -0.05) is 44.2 Å². The minimum atomic E-state index is -1.24. The zero-order valence-electron chi connectivity index (χ0n) is 23.8. The smallest absolute Gasteiger partial charge is 0.305 e. The molecule has 0 aromatic heterocycles. The summed E-state index contributed by atoms with van der Waals surface area (Å²) in [7, 11) is 0. The quantitative estimate of drug-likeness (QED) is 0.174. The number of ketones is 1. The summed E-state index contributed by atoms with van der Waals surface area (Å²) in [6.07, 6.45) is 2.88. The maximum Gasteiger partial charge on any atom is 0.305 e. The SMILES string of the molecule is CSCC[C@H](NC(C)=O)C(=O)N[C@@H](C)C(=O)N[C@H](C(=O)N[C@@H](CC(=O)O)C(=O)CCCc1ccccc1)C(C)C. The lowest BCUT2D eigenvalue weighted by molar-refractivity contribution is -0.141. The third-order valence-electron chi connectivity index (χ3n) is 6.12. The van der Waals surface area contributed by atoms with Crippen LogP contribution in [0, 0.1) is 5.92 Å². The fourth-order valence-corrected chi connectivity index (χ4v) is 4.38. The van der Waals surface area contributed by atoms with Crippen molar-refractivity contribution >= 4 is 47.1 Å². The molecule has 0 unspecified atom stereocenters. The van der Waals surface area contributed by atoms with Crippen molar-refractivity contribution in [1.82, 2.24) is 21.3 Å². The van der Waals surface area contributed by atoms with Gasteiger partial charge in [-0.2, -0.15) is 11.8 Å². The Labute approximate surface area is 240 Å². The number of carbonyl (C=O) groups excluding carboxylic acids is 5. The average Bonchev–Trinajstić information content (AvgIpc) is 2.88. The Morgan fingerprint density at radius 3 is 2.05 bits per heavy atom. The van der Waals surface area contributed by atoms with Crippen LogP contribution in [0.5, 0.6) is 0 Å². The van der Waals surface area contributed by atoms with E-state index >= 15 is 0 Å². The molecule has 12 heteroatoms. The molecule has 1 rings (SSSR count). The fourth-order valence-electron chi connectivity index (χ4n) is 3.91. The average molecular weight is 579 g/mol. The summed E-state index contributed by atoms with van der Waals surface area (Å²) in [5.41, 5.74) is 1.05. The van der Waals surface area contributed by atoms with E-state index in [0.29, 0.717) is 25.0 Å². The molecule has 0 heterocycles. The Morgan fingerprint density at radius 2 is 1.50 bits per heavy atom. The first kappa shape index (κ1) is 34.6. The highest BCUT2D eigenvalue weighted by Crippen LogP contribution is 2.10. The van der Waals surface area contributed by atoms with Gasteiger partial charge in [-0.15, -0.1) is 0 Å². The van der Waals surface area contributed by atoms with Crippen molar-refractivity contribution in [3.05, 3.63) is 35.9 Å². The molecular formula is C28H42N4O7S. The van der Waals surface area contributed by atoms with Gasteiger partial charge in [-0.3, -0.25) is 28.8 Å². The van der Waals surface area contributed by atoms with E-state index in [-0.39, 0.29) is 12.3 Å². The number of Topliss-reactive ketones (excluding diaryl/α,β-unsaturated/α-hetero) is 1. The van der Waals surface area contributed by atoms with E-state index in [1.807, 2.05) is 36.6 Å². The summed E-state index contributed by atoms with van der Waals surface area (Å²) in [5.74, 6) is -3.66. The molecule has 0 saturated carbocycles. The van der Waals surface area contributed by atoms with Gasteiger partial charge in [0.05, 0.1) is 12.5 Å². The van der Waals surface area contributed by atoms with E-state index in [1.54, 1.807) is 13.8 Å². The molecule has 4 amide bonds. The first-order chi connectivity index (χ1) is 18.8. The Kier molecular flexibility index (Phi) is 15.6. The Balaban J connectivity index is 2.82. The first-order valence-electron chi connectivity index (χ1n) is 13.3. The molecule has 0 aliphatic heterocycles. The second-order valence-electron chi connectivity index (χ2n) is 9.96. The number of rotatable bonds is 18. The molecule has 1 aromatic rings. The zero-order valence-corrected chi connectivity index (χ0v) is 24.6.